The summed E-state index contributed by atoms with van der Waals surface area (Å²) in [7, 11) is 0. The van der Waals surface area contributed by atoms with E-state index in [9.17, 15) is 4.79 Å². The van der Waals surface area contributed by atoms with E-state index in [1.807, 2.05) is 46.1 Å². The molecule has 6 heteroatoms. The van der Waals surface area contributed by atoms with Gasteiger partial charge in [-0.25, -0.2) is 9.48 Å². The molecule has 1 N–H and O–H groups in total. The molecule has 0 radical (unpaired) electrons. The van der Waals surface area contributed by atoms with Crippen LogP contribution in [0.1, 0.15) is 18.4 Å². The average Bonchev–Trinajstić information content (AvgIpc) is 3.33. The van der Waals surface area contributed by atoms with Crippen molar-refractivity contribution in [3.8, 4) is 5.69 Å². The Kier molecular flexibility index (Phi) is 4.21. The molecule has 2 fully saturated rings. The summed E-state index contributed by atoms with van der Waals surface area (Å²) in [4.78, 5) is 14.5. The fourth-order valence-electron chi connectivity index (χ4n) is 3.26. The van der Waals surface area contributed by atoms with Crippen LogP contribution in [-0.4, -0.2) is 46.5 Å². The second kappa shape index (κ2) is 6.65. The molecule has 1 saturated carbocycles. The quantitative estimate of drug-likeness (QED) is 0.937. The number of carbonyl (C=O) groups is 1. The first-order chi connectivity index (χ1) is 11.8. The maximum Gasteiger partial charge on any atom is 0.318 e. The largest absolute Gasteiger partial charge is 0.377 e. The smallest absolute Gasteiger partial charge is 0.318 e. The first kappa shape index (κ1) is 15.2. The number of urea groups is 1. The minimum Gasteiger partial charge on any atom is -0.377 e. The van der Waals surface area contributed by atoms with Crippen LogP contribution in [0.2, 0.25) is 0 Å². The van der Waals surface area contributed by atoms with Crippen molar-refractivity contribution < 1.29 is 9.53 Å². The van der Waals surface area contributed by atoms with Gasteiger partial charge in [-0.2, -0.15) is 5.10 Å². The van der Waals surface area contributed by atoms with Gasteiger partial charge in [0.25, 0.3) is 0 Å². The second-order valence-corrected chi connectivity index (χ2v) is 6.45. The molecule has 126 valence electrons. The lowest BCUT2D eigenvalue weighted by Crippen LogP contribution is -2.53. The number of benzene rings is 1. The zero-order valence-electron chi connectivity index (χ0n) is 13.6. The zero-order valence-corrected chi connectivity index (χ0v) is 13.6. The Morgan fingerprint density at radius 3 is 3.04 bits per heavy atom. The SMILES string of the molecule is O=C(NCc1cccc(-n2cccn2)c1)N1CCOC[C@H]1C1CC1. The van der Waals surface area contributed by atoms with Gasteiger partial charge in [-0.05, 0) is 42.5 Å². The van der Waals surface area contributed by atoms with Crippen molar-refractivity contribution in [3.63, 3.8) is 0 Å². The third kappa shape index (κ3) is 3.28. The molecule has 0 unspecified atom stereocenters. The van der Waals surface area contributed by atoms with Gasteiger partial charge in [0, 0.05) is 25.5 Å². The van der Waals surface area contributed by atoms with Gasteiger partial charge in [0.2, 0.25) is 0 Å². The van der Waals surface area contributed by atoms with Gasteiger partial charge in [-0.1, -0.05) is 12.1 Å². The monoisotopic (exact) mass is 326 g/mol. The molecule has 24 heavy (non-hydrogen) atoms. The molecular formula is C18H22N4O2. The van der Waals surface area contributed by atoms with Gasteiger partial charge in [-0.3, -0.25) is 0 Å². The van der Waals surface area contributed by atoms with Crippen molar-refractivity contribution in [2.45, 2.75) is 25.4 Å². The normalized spacial score (nSPS) is 20.8. The topological polar surface area (TPSA) is 59.4 Å². The number of nitrogens with one attached hydrogen (secondary N) is 1. The lowest BCUT2D eigenvalue weighted by molar-refractivity contribution is 0.00463. The number of nitrogens with zero attached hydrogens (tertiary/aromatic N) is 3. The highest BCUT2D eigenvalue weighted by Gasteiger charge is 2.39. The molecule has 6 nitrogen and oxygen atoms in total. The summed E-state index contributed by atoms with van der Waals surface area (Å²) in [6, 6.07) is 10.2. The highest BCUT2D eigenvalue weighted by atomic mass is 16.5. The van der Waals surface area contributed by atoms with E-state index in [0.717, 1.165) is 11.3 Å². The van der Waals surface area contributed by atoms with Crippen molar-refractivity contribution in [2.75, 3.05) is 19.8 Å². The van der Waals surface area contributed by atoms with E-state index in [2.05, 4.69) is 10.4 Å². The first-order valence-electron chi connectivity index (χ1n) is 8.52. The van der Waals surface area contributed by atoms with Gasteiger partial charge in [0.05, 0.1) is 24.9 Å². The number of ether oxygens (including phenoxy) is 1. The lowest BCUT2D eigenvalue weighted by atomic mass is 10.1. The van der Waals surface area contributed by atoms with Gasteiger partial charge < -0.3 is 15.0 Å². The van der Waals surface area contributed by atoms with Crippen molar-refractivity contribution >= 4 is 6.03 Å². The minimum atomic E-state index is 0.0136. The fraction of sp³-hybridized carbons (Fsp3) is 0.444. The number of aromatic nitrogens is 2. The number of rotatable bonds is 4. The van der Waals surface area contributed by atoms with Crippen LogP contribution in [-0.2, 0) is 11.3 Å². The predicted molar refractivity (Wildman–Crippen MR) is 89.8 cm³/mol. The molecule has 1 atom stereocenters. The molecule has 4 rings (SSSR count). The van der Waals surface area contributed by atoms with E-state index in [1.54, 1.807) is 6.20 Å². The molecule has 0 spiro atoms. The Balaban J connectivity index is 1.39. The van der Waals surface area contributed by atoms with E-state index in [0.29, 0.717) is 32.2 Å². The summed E-state index contributed by atoms with van der Waals surface area (Å²) in [5.74, 6) is 0.624. The summed E-state index contributed by atoms with van der Waals surface area (Å²) in [6.07, 6.45) is 6.09. The molecule has 2 amide bonds. The Labute approximate surface area is 141 Å². The Bertz CT molecular complexity index is 697. The highest BCUT2D eigenvalue weighted by Crippen LogP contribution is 2.36. The molecule has 1 aliphatic heterocycles. The molecule has 1 aromatic heterocycles. The van der Waals surface area contributed by atoms with Crippen LogP contribution >= 0.6 is 0 Å². The number of amides is 2. The molecular weight excluding hydrogens is 304 g/mol. The van der Waals surface area contributed by atoms with Crippen molar-refractivity contribution in [2.24, 2.45) is 5.92 Å². The number of hydrogen-bond donors (Lipinski definition) is 1. The van der Waals surface area contributed by atoms with Crippen LogP contribution in [0.3, 0.4) is 0 Å². The predicted octanol–water partition coefficient (Wildman–Crippen LogP) is 2.19. The minimum absolute atomic E-state index is 0.0136. The van der Waals surface area contributed by atoms with E-state index < -0.39 is 0 Å². The summed E-state index contributed by atoms with van der Waals surface area (Å²) in [5.41, 5.74) is 2.06. The molecule has 2 aromatic rings. The van der Waals surface area contributed by atoms with E-state index in [-0.39, 0.29) is 12.1 Å². The summed E-state index contributed by atoms with van der Waals surface area (Å²) >= 11 is 0. The van der Waals surface area contributed by atoms with Gasteiger partial charge in [0.15, 0.2) is 0 Å². The van der Waals surface area contributed by atoms with Crippen LogP contribution in [0.15, 0.2) is 42.7 Å². The Morgan fingerprint density at radius 1 is 1.33 bits per heavy atom. The summed E-state index contributed by atoms with van der Waals surface area (Å²) in [5, 5.41) is 7.30. The molecule has 2 heterocycles. The van der Waals surface area contributed by atoms with Crippen LogP contribution in [0.25, 0.3) is 5.69 Å². The Morgan fingerprint density at radius 2 is 2.25 bits per heavy atom. The van der Waals surface area contributed by atoms with Crippen LogP contribution in [0.4, 0.5) is 4.79 Å². The highest BCUT2D eigenvalue weighted by molar-refractivity contribution is 5.74. The number of hydrogen-bond acceptors (Lipinski definition) is 3. The molecule has 1 aliphatic carbocycles. The van der Waals surface area contributed by atoms with Crippen molar-refractivity contribution in [3.05, 3.63) is 48.3 Å². The average molecular weight is 326 g/mol. The van der Waals surface area contributed by atoms with E-state index in [1.165, 1.54) is 12.8 Å². The second-order valence-electron chi connectivity index (χ2n) is 6.45. The first-order valence-corrected chi connectivity index (χ1v) is 8.52. The van der Waals surface area contributed by atoms with Crippen LogP contribution < -0.4 is 5.32 Å². The van der Waals surface area contributed by atoms with Crippen molar-refractivity contribution in [1.82, 2.24) is 20.0 Å². The summed E-state index contributed by atoms with van der Waals surface area (Å²) < 4.78 is 7.37. The van der Waals surface area contributed by atoms with E-state index >= 15 is 0 Å². The summed E-state index contributed by atoms with van der Waals surface area (Å²) in [6.45, 7) is 2.50. The van der Waals surface area contributed by atoms with Crippen molar-refractivity contribution in [1.29, 1.82) is 0 Å². The van der Waals surface area contributed by atoms with E-state index in [4.69, 9.17) is 4.74 Å². The molecule has 1 saturated heterocycles. The third-order valence-corrected chi connectivity index (χ3v) is 4.72. The third-order valence-electron chi connectivity index (χ3n) is 4.72. The maximum atomic E-state index is 12.6. The molecule has 2 aliphatic rings. The fourth-order valence-corrected chi connectivity index (χ4v) is 3.26. The molecule has 0 bridgehead atoms. The zero-order chi connectivity index (χ0) is 16.4. The lowest BCUT2D eigenvalue weighted by Gasteiger charge is -2.35. The molecule has 1 aromatic carbocycles. The van der Waals surface area contributed by atoms with Crippen LogP contribution in [0.5, 0.6) is 0 Å². The van der Waals surface area contributed by atoms with Gasteiger partial charge in [-0.15, -0.1) is 0 Å². The Hall–Kier alpha value is -2.34. The van der Waals surface area contributed by atoms with Gasteiger partial charge >= 0.3 is 6.03 Å². The number of carbonyl (C=O) groups excluding carboxylic acids is 1. The standard InChI is InChI=1S/C18H22N4O2/c23-18(21-9-10-24-13-17(21)15-5-6-15)19-12-14-3-1-4-16(11-14)22-8-2-7-20-22/h1-4,7-8,11,15,17H,5-6,9-10,12-13H2,(H,19,23)/t17-/m0/s1. The van der Waals surface area contributed by atoms with Crippen LogP contribution in [0, 0.1) is 5.92 Å². The number of morpholine rings is 1. The maximum absolute atomic E-state index is 12.6. The van der Waals surface area contributed by atoms with Gasteiger partial charge in [0.1, 0.15) is 0 Å².